The normalized spacial score (nSPS) is 11.3. The van der Waals surface area contributed by atoms with Gasteiger partial charge in [-0.25, -0.2) is 4.79 Å². The number of halogens is 2. The van der Waals surface area contributed by atoms with E-state index in [4.69, 9.17) is 32.4 Å². The molecule has 2 aromatic rings. The van der Waals surface area contributed by atoms with Crippen molar-refractivity contribution in [3.8, 4) is 17.4 Å². The highest BCUT2D eigenvalue weighted by Crippen LogP contribution is 2.30. The zero-order valence-corrected chi connectivity index (χ0v) is 17.4. The summed E-state index contributed by atoms with van der Waals surface area (Å²) < 4.78 is 10.9. The predicted molar refractivity (Wildman–Crippen MR) is 112 cm³/mol. The van der Waals surface area contributed by atoms with Crippen LogP contribution in [0, 0.1) is 11.3 Å². The van der Waals surface area contributed by atoms with Gasteiger partial charge in [0.05, 0.1) is 16.7 Å². The molecule has 0 saturated heterocycles. The Labute approximate surface area is 175 Å². The van der Waals surface area contributed by atoms with Crippen molar-refractivity contribution in [1.82, 2.24) is 0 Å². The third-order valence-electron chi connectivity index (χ3n) is 4.19. The average Bonchev–Trinajstić information content (AvgIpc) is 3.16. The summed E-state index contributed by atoms with van der Waals surface area (Å²) in [5.41, 5.74) is 0.652. The highest BCUT2D eigenvalue weighted by atomic mass is 35.5. The largest absolute Gasteiger partial charge is 0.462 e. The van der Waals surface area contributed by atoms with E-state index in [0.29, 0.717) is 28.2 Å². The third kappa shape index (κ3) is 6.74. The first kappa shape index (κ1) is 22.1. The number of rotatable bonds is 10. The number of furan rings is 1. The summed E-state index contributed by atoms with van der Waals surface area (Å²) in [5, 5.41) is 10.1. The molecule has 0 bridgehead atoms. The second-order valence-electron chi connectivity index (χ2n) is 6.40. The number of hydrogen-bond acceptors (Lipinski definition) is 4. The van der Waals surface area contributed by atoms with Crippen LogP contribution in [0.5, 0.6) is 0 Å². The molecule has 0 aliphatic carbocycles. The van der Waals surface area contributed by atoms with Crippen molar-refractivity contribution in [2.75, 3.05) is 6.61 Å². The molecule has 0 aliphatic rings. The number of unbranched alkanes of at least 4 members (excludes halogenated alkanes) is 5. The summed E-state index contributed by atoms with van der Waals surface area (Å²) in [7, 11) is 0. The van der Waals surface area contributed by atoms with Gasteiger partial charge in [0, 0.05) is 11.6 Å². The van der Waals surface area contributed by atoms with E-state index < -0.39 is 5.97 Å². The van der Waals surface area contributed by atoms with Gasteiger partial charge in [-0.1, -0.05) is 62.2 Å². The van der Waals surface area contributed by atoms with Crippen LogP contribution >= 0.6 is 23.2 Å². The van der Waals surface area contributed by atoms with Crippen molar-refractivity contribution in [2.45, 2.75) is 45.4 Å². The molecule has 1 aromatic carbocycles. The molecule has 1 aromatic heterocycles. The van der Waals surface area contributed by atoms with Gasteiger partial charge in [0.15, 0.2) is 0 Å². The van der Waals surface area contributed by atoms with Gasteiger partial charge in [0.25, 0.3) is 0 Å². The second kappa shape index (κ2) is 11.6. The maximum atomic E-state index is 12.1. The highest BCUT2D eigenvalue weighted by Gasteiger charge is 2.13. The summed E-state index contributed by atoms with van der Waals surface area (Å²) in [4.78, 5) is 12.1. The monoisotopic (exact) mass is 419 g/mol. The third-order valence-corrected chi connectivity index (χ3v) is 4.93. The molecule has 0 saturated carbocycles. The first-order valence-corrected chi connectivity index (χ1v) is 10.1. The average molecular weight is 420 g/mol. The number of nitriles is 1. The van der Waals surface area contributed by atoms with E-state index >= 15 is 0 Å². The predicted octanol–water partition coefficient (Wildman–Crippen LogP) is 7.06. The minimum Gasteiger partial charge on any atom is -0.462 e. The summed E-state index contributed by atoms with van der Waals surface area (Å²) >= 11 is 11.9. The summed E-state index contributed by atoms with van der Waals surface area (Å²) in [5.74, 6) is 0.306. The number of nitrogens with zero attached hydrogens (tertiary/aromatic N) is 1. The van der Waals surface area contributed by atoms with E-state index in [1.807, 2.05) is 6.07 Å². The van der Waals surface area contributed by atoms with Crippen LogP contribution in [-0.2, 0) is 9.53 Å². The van der Waals surface area contributed by atoms with Crippen LogP contribution in [-0.4, -0.2) is 12.6 Å². The van der Waals surface area contributed by atoms with Crippen molar-refractivity contribution < 1.29 is 13.9 Å². The van der Waals surface area contributed by atoms with Gasteiger partial charge in [0.1, 0.15) is 23.2 Å². The molecule has 0 radical (unpaired) electrons. The molecular weight excluding hydrogens is 397 g/mol. The van der Waals surface area contributed by atoms with Crippen LogP contribution in [0.15, 0.2) is 40.3 Å². The maximum absolute atomic E-state index is 12.1. The van der Waals surface area contributed by atoms with Gasteiger partial charge in [-0.05, 0) is 36.8 Å². The molecule has 148 valence electrons. The summed E-state index contributed by atoms with van der Waals surface area (Å²) in [6.07, 6.45) is 7.97. The minimum atomic E-state index is -0.636. The molecular formula is C22H23Cl2NO3. The molecule has 0 spiro atoms. The number of benzene rings is 1. The molecule has 4 nitrogen and oxygen atoms in total. The summed E-state index contributed by atoms with van der Waals surface area (Å²) in [6, 6.07) is 10.4. The number of esters is 1. The van der Waals surface area contributed by atoms with E-state index in [1.54, 1.807) is 30.3 Å². The van der Waals surface area contributed by atoms with Crippen LogP contribution < -0.4 is 0 Å². The van der Waals surface area contributed by atoms with Crippen LogP contribution in [0.2, 0.25) is 10.0 Å². The Balaban J connectivity index is 1.93. The van der Waals surface area contributed by atoms with Crippen LogP contribution in [0.1, 0.15) is 51.2 Å². The fourth-order valence-electron chi connectivity index (χ4n) is 2.64. The highest BCUT2D eigenvalue weighted by molar-refractivity contribution is 6.42. The van der Waals surface area contributed by atoms with E-state index in [2.05, 4.69) is 6.92 Å². The van der Waals surface area contributed by atoms with Crippen LogP contribution in [0.3, 0.4) is 0 Å². The zero-order chi connectivity index (χ0) is 20.4. The first-order valence-electron chi connectivity index (χ1n) is 9.39. The van der Waals surface area contributed by atoms with E-state index in [-0.39, 0.29) is 5.57 Å². The lowest BCUT2D eigenvalue weighted by Crippen LogP contribution is -2.07. The molecule has 1 heterocycles. The maximum Gasteiger partial charge on any atom is 0.349 e. The SMILES string of the molecule is CCCCCCCCOC(=O)C(C#N)=Cc1ccc(-c2ccc(Cl)c(Cl)c2)o1. The van der Waals surface area contributed by atoms with Crippen molar-refractivity contribution in [2.24, 2.45) is 0 Å². The van der Waals surface area contributed by atoms with Gasteiger partial charge in [-0.2, -0.15) is 5.26 Å². The molecule has 2 rings (SSSR count). The van der Waals surface area contributed by atoms with E-state index in [9.17, 15) is 10.1 Å². The molecule has 6 heteroatoms. The Morgan fingerprint density at radius 1 is 1.11 bits per heavy atom. The fraction of sp³-hybridized carbons (Fsp3) is 0.364. The Bertz CT molecular complexity index is 865. The number of ether oxygens (including phenoxy) is 1. The van der Waals surface area contributed by atoms with Gasteiger partial charge in [-0.15, -0.1) is 0 Å². The zero-order valence-electron chi connectivity index (χ0n) is 15.8. The van der Waals surface area contributed by atoms with E-state index in [1.165, 1.54) is 25.3 Å². The van der Waals surface area contributed by atoms with Gasteiger partial charge < -0.3 is 9.15 Å². The Morgan fingerprint density at radius 2 is 1.86 bits per heavy atom. The molecule has 28 heavy (non-hydrogen) atoms. The molecule has 0 aliphatic heterocycles. The molecule has 0 unspecified atom stereocenters. The Morgan fingerprint density at radius 3 is 2.57 bits per heavy atom. The first-order chi connectivity index (χ1) is 13.5. The van der Waals surface area contributed by atoms with Gasteiger partial charge >= 0.3 is 5.97 Å². The summed E-state index contributed by atoms with van der Waals surface area (Å²) in [6.45, 7) is 2.49. The number of hydrogen-bond donors (Lipinski definition) is 0. The lowest BCUT2D eigenvalue weighted by molar-refractivity contribution is -0.138. The molecule has 0 amide bonds. The van der Waals surface area contributed by atoms with E-state index in [0.717, 1.165) is 24.8 Å². The van der Waals surface area contributed by atoms with Crippen molar-refractivity contribution >= 4 is 35.2 Å². The molecule has 0 N–H and O–H groups in total. The standard InChI is InChI=1S/C22H23Cl2NO3/c1-2-3-4-5-6-7-12-27-22(26)17(15-25)13-18-9-11-21(28-18)16-8-10-19(23)20(24)14-16/h8-11,13-14H,2-7,12H2,1H3. The van der Waals surface area contributed by atoms with Gasteiger partial charge in [0.2, 0.25) is 0 Å². The number of carbonyl (C=O) groups is 1. The Hall–Kier alpha value is -2.22. The lowest BCUT2D eigenvalue weighted by Gasteiger charge is -2.04. The fourth-order valence-corrected chi connectivity index (χ4v) is 2.94. The van der Waals surface area contributed by atoms with Gasteiger partial charge in [-0.3, -0.25) is 0 Å². The topological polar surface area (TPSA) is 63.2 Å². The smallest absolute Gasteiger partial charge is 0.349 e. The molecule has 0 atom stereocenters. The van der Waals surface area contributed by atoms with Crippen LogP contribution in [0.25, 0.3) is 17.4 Å². The van der Waals surface area contributed by atoms with Crippen LogP contribution in [0.4, 0.5) is 0 Å². The lowest BCUT2D eigenvalue weighted by atomic mass is 10.1. The van der Waals surface area contributed by atoms with Crippen molar-refractivity contribution in [3.63, 3.8) is 0 Å². The Kier molecular flexibility index (Phi) is 9.13. The quantitative estimate of drug-likeness (QED) is 0.179. The van der Waals surface area contributed by atoms with Crippen molar-refractivity contribution in [3.05, 3.63) is 51.7 Å². The minimum absolute atomic E-state index is 0.0963. The molecule has 0 fully saturated rings. The second-order valence-corrected chi connectivity index (χ2v) is 7.22. The van der Waals surface area contributed by atoms with Crippen molar-refractivity contribution in [1.29, 1.82) is 5.26 Å². The number of carbonyl (C=O) groups excluding carboxylic acids is 1.